The van der Waals surface area contributed by atoms with Crippen molar-refractivity contribution in [3.05, 3.63) is 52.0 Å². The number of nitrogens with one attached hydrogen (secondary N) is 1. The highest BCUT2D eigenvalue weighted by atomic mass is 35.5. The average Bonchev–Trinajstić information content (AvgIpc) is 2.59. The van der Waals surface area contributed by atoms with E-state index in [-0.39, 0.29) is 15.5 Å². The Kier molecular flexibility index (Phi) is 6.69. The molecule has 0 radical (unpaired) electrons. The lowest BCUT2D eigenvalue weighted by Gasteiger charge is -2.11. The molecule has 0 atom stereocenters. The van der Waals surface area contributed by atoms with Crippen LogP contribution in [0.1, 0.15) is 10.4 Å². The Morgan fingerprint density at radius 2 is 1.81 bits per heavy atom. The van der Waals surface area contributed by atoms with Crippen LogP contribution in [0.25, 0.3) is 0 Å². The fourth-order valence-electron chi connectivity index (χ4n) is 2.06. The quantitative estimate of drug-likeness (QED) is 0.704. The Labute approximate surface area is 166 Å². The SMILES string of the molecule is COc1ccc(Cl)cc1NC(=O)COC(=O)c1cc(S(C)(=O)=O)ccc1Cl. The Bertz CT molecular complexity index is 991. The van der Waals surface area contributed by atoms with Gasteiger partial charge in [-0.15, -0.1) is 0 Å². The van der Waals surface area contributed by atoms with Gasteiger partial charge < -0.3 is 14.8 Å². The number of sulfone groups is 1. The molecule has 0 unspecified atom stereocenters. The highest BCUT2D eigenvalue weighted by Crippen LogP contribution is 2.27. The van der Waals surface area contributed by atoms with Crippen LogP contribution in [0.3, 0.4) is 0 Å². The van der Waals surface area contributed by atoms with Gasteiger partial charge in [0, 0.05) is 11.3 Å². The van der Waals surface area contributed by atoms with E-state index in [2.05, 4.69) is 5.32 Å². The van der Waals surface area contributed by atoms with Crippen molar-refractivity contribution in [2.45, 2.75) is 4.90 Å². The maximum absolute atomic E-state index is 12.2. The molecule has 0 heterocycles. The number of carbonyl (C=O) groups is 2. The summed E-state index contributed by atoms with van der Waals surface area (Å²) in [4.78, 5) is 24.1. The number of methoxy groups -OCH3 is 1. The molecule has 0 saturated heterocycles. The van der Waals surface area contributed by atoms with Gasteiger partial charge >= 0.3 is 5.97 Å². The number of hydrogen-bond donors (Lipinski definition) is 1. The molecule has 1 N–H and O–H groups in total. The Balaban J connectivity index is 2.08. The second kappa shape index (κ2) is 8.60. The van der Waals surface area contributed by atoms with Gasteiger partial charge in [0.15, 0.2) is 16.4 Å². The Morgan fingerprint density at radius 1 is 1.11 bits per heavy atom. The number of benzene rings is 2. The number of rotatable bonds is 6. The zero-order chi connectivity index (χ0) is 20.2. The van der Waals surface area contributed by atoms with Crippen LogP contribution in [0.5, 0.6) is 5.75 Å². The van der Waals surface area contributed by atoms with E-state index in [1.807, 2.05) is 0 Å². The molecule has 1 amide bonds. The van der Waals surface area contributed by atoms with Gasteiger partial charge in [0.1, 0.15) is 5.75 Å². The summed E-state index contributed by atoms with van der Waals surface area (Å²) in [5.41, 5.74) is 0.149. The molecule has 0 saturated carbocycles. The van der Waals surface area contributed by atoms with Crippen LogP contribution in [0.4, 0.5) is 5.69 Å². The standard InChI is InChI=1S/C17H15Cl2NO6S/c1-25-15-6-3-10(18)7-14(15)20-16(21)9-26-17(22)12-8-11(27(2,23)24)4-5-13(12)19/h3-8H,9H2,1-2H3,(H,20,21). The predicted octanol–water partition coefficient (Wildman–Crippen LogP) is 3.20. The summed E-state index contributed by atoms with van der Waals surface area (Å²) in [5.74, 6) is -1.19. The molecule has 2 aromatic carbocycles. The molecule has 0 fully saturated rings. The van der Waals surface area contributed by atoms with Crippen LogP contribution in [0, 0.1) is 0 Å². The van der Waals surface area contributed by atoms with E-state index in [0.29, 0.717) is 16.5 Å². The van der Waals surface area contributed by atoms with Crippen molar-refractivity contribution in [2.75, 3.05) is 25.3 Å². The molecule has 10 heteroatoms. The monoisotopic (exact) mass is 431 g/mol. The second-order valence-electron chi connectivity index (χ2n) is 5.38. The normalized spacial score (nSPS) is 11.0. The summed E-state index contributed by atoms with van der Waals surface area (Å²) >= 11 is 11.8. The smallest absolute Gasteiger partial charge is 0.340 e. The fourth-order valence-corrected chi connectivity index (χ4v) is 3.08. The van der Waals surface area contributed by atoms with E-state index in [1.54, 1.807) is 12.1 Å². The molecule has 0 bridgehead atoms. The van der Waals surface area contributed by atoms with Crippen molar-refractivity contribution < 1.29 is 27.5 Å². The maximum Gasteiger partial charge on any atom is 0.340 e. The van der Waals surface area contributed by atoms with E-state index in [0.717, 1.165) is 12.3 Å². The van der Waals surface area contributed by atoms with Crippen LogP contribution < -0.4 is 10.1 Å². The summed E-state index contributed by atoms with van der Waals surface area (Å²) < 4.78 is 33.2. The molecule has 2 aromatic rings. The summed E-state index contributed by atoms with van der Waals surface area (Å²) in [7, 11) is -2.11. The van der Waals surface area contributed by atoms with Crippen LogP contribution in [0.2, 0.25) is 10.0 Å². The molecule has 2 rings (SSSR count). The molecular formula is C17H15Cl2NO6S. The van der Waals surface area contributed by atoms with Crippen LogP contribution in [-0.2, 0) is 19.4 Å². The molecule has 0 aromatic heterocycles. The van der Waals surface area contributed by atoms with Crippen molar-refractivity contribution in [3.8, 4) is 5.75 Å². The lowest BCUT2D eigenvalue weighted by Crippen LogP contribution is -2.21. The van der Waals surface area contributed by atoms with Gasteiger partial charge in [-0.3, -0.25) is 4.79 Å². The molecular weight excluding hydrogens is 417 g/mol. The van der Waals surface area contributed by atoms with E-state index >= 15 is 0 Å². The van der Waals surface area contributed by atoms with Gasteiger partial charge in [0.2, 0.25) is 0 Å². The highest BCUT2D eigenvalue weighted by molar-refractivity contribution is 7.90. The van der Waals surface area contributed by atoms with Gasteiger partial charge in [-0.25, -0.2) is 13.2 Å². The van der Waals surface area contributed by atoms with Crippen molar-refractivity contribution in [2.24, 2.45) is 0 Å². The zero-order valence-electron chi connectivity index (χ0n) is 14.3. The predicted molar refractivity (Wildman–Crippen MR) is 101 cm³/mol. The molecule has 144 valence electrons. The third-order valence-corrected chi connectivity index (χ3v) is 5.03. The number of halogens is 2. The minimum atomic E-state index is -3.53. The third kappa shape index (κ3) is 5.59. The number of carbonyl (C=O) groups excluding carboxylic acids is 2. The number of amides is 1. The Hall–Kier alpha value is -2.29. The summed E-state index contributed by atoms with van der Waals surface area (Å²) in [6, 6.07) is 8.27. The first kappa shape index (κ1) is 21.0. The van der Waals surface area contributed by atoms with E-state index < -0.39 is 28.3 Å². The zero-order valence-corrected chi connectivity index (χ0v) is 16.6. The molecule has 7 nitrogen and oxygen atoms in total. The van der Waals surface area contributed by atoms with Gasteiger partial charge in [-0.05, 0) is 36.4 Å². The lowest BCUT2D eigenvalue weighted by atomic mass is 10.2. The van der Waals surface area contributed by atoms with Crippen molar-refractivity contribution >= 4 is 50.6 Å². The first-order valence-corrected chi connectivity index (χ1v) is 10.1. The number of hydrogen-bond acceptors (Lipinski definition) is 6. The molecule has 27 heavy (non-hydrogen) atoms. The van der Waals surface area contributed by atoms with E-state index in [9.17, 15) is 18.0 Å². The Morgan fingerprint density at radius 3 is 2.44 bits per heavy atom. The topological polar surface area (TPSA) is 98.8 Å². The van der Waals surface area contributed by atoms with Gasteiger partial charge in [0.05, 0.1) is 28.3 Å². The second-order valence-corrected chi connectivity index (χ2v) is 8.24. The fraction of sp³-hybridized carbons (Fsp3) is 0.176. The maximum atomic E-state index is 12.2. The van der Waals surface area contributed by atoms with E-state index in [4.69, 9.17) is 32.7 Å². The van der Waals surface area contributed by atoms with Gasteiger partial charge in [-0.2, -0.15) is 0 Å². The minimum absolute atomic E-state index is 0.00400. The summed E-state index contributed by atoms with van der Waals surface area (Å²) in [6.45, 7) is -0.617. The first-order chi connectivity index (χ1) is 12.6. The molecule has 0 aliphatic heterocycles. The largest absolute Gasteiger partial charge is 0.495 e. The van der Waals surface area contributed by atoms with Crippen LogP contribution in [0.15, 0.2) is 41.3 Å². The summed E-state index contributed by atoms with van der Waals surface area (Å²) in [6.07, 6.45) is 0.997. The van der Waals surface area contributed by atoms with Gasteiger partial charge in [0.25, 0.3) is 5.91 Å². The van der Waals surface area contributed by atoms with Gasteiger partial charge in [-0.1, -0.05) is 23.2 Å². The molecule has 0 spiro atoms. The van der Waals surface area contributed by atoms with Crippen molar-refractivity contribution in [1.82, 2.24) is 0 Å². The number of anilines is 1. The van der Waals surface area contributed by atoms with Crippen molar-refractivity contribution in [3.63, 3.8) is 0 Å². The average molecular weight is 432 g/mol. The highest BCUT2D eigenvalue weighted by Gasteiger charge is 2.18. The van der Waals surface area contributed by atoms with Crippen molar-refractivity contribution in [1.29, 1.82) is 0 Å². The number of ether oxygens (including phenoxy) is 2. The van der Waals surface area contributed by atoms with Crippen LogP contribution >= 0.6 is 23.2 Å². The lowest BCUT2D eigenvalue weighted by molar-refractivity contribution is -0.119. The van der Waals surface area contributed by atoms with Crippen LogP contribution in [-0.4, -0.2) is 40.3 Å². The molecule has 0 aliphatic carbocycles. The minimum Gasteiger partial charge on any atom is -0.495 e. The number of esters is 1. The third-order valence-electron chi connectivity index (χ3n) is 3.36. The van der Waals surface area contributed by atoms with E-state index in [1.165, 1.54) is 25.3 Å². The first-order valence-electron chi connectivity index (χ1n) is 7.42. The molecule has 0 aliphatic rings. The summed E-state index contributed by atoms with van der Waals surface area (Å²) in [5, 5.41) is 2.89.